The Morgan fingerprint density at radius 2 is 2.00 bits per heavy atom. The van der Waals surface area contributed by atoms with Crippen molar-refractivity contribution in [1.29, 1.82) is 0 Å². The van der Waals surface area contributed by atoms with Crippen molar-refractivity contribution in [2.24, 2.45) is 17.3 Å². The molecule has 0 aromatic heterocycles. The smallest absolute Gasteiger partial charge is 0.291 e. The van der Waals surface area contributed by atoms with E-state index in [1.807, 2.05) is 0 Å². The summed E-state index contributed by atoms with van der Waals surface area (Å²) in [5, 5.41) is 10.3. The van der Waals surface area contributed by atoms with Crippen LogP contribution in [0.2, 0.25) is 0 Å². The third-order valence-corrected chi connectivity index (χ3v) is 2.21. The molecule has 10 heavy (non-hydrogen) atoms. The Morgan fingerprint density at radius 3 is 2.10 bits per heavy atom. The minimum atomic E-state index is -1.14. The molecule has 1 rings (SSSR count). The van der Waals surface area contributed by atoms with E-state index in [1.54, 1.807) is 20.1 Å². The zero-order chi connectivity index (χ0) is 7.94. The molecular weight excluding hydrogens is 132 g/mol. The molecule has 2 atom stereocenters. The van der Waals surface area contributed by atoms with Crippen LogP contribution >= 0.6 is 0 Å². The van der Waals surface area contributed by atoms with Gasteiger partial charge in [-0.3, -0.25) is 4.79 Å². The summed E-state index contributed by atoms with van der Waals surface area (Å²) in [4.78, 5) is 20.3. The predicted molar refractivity (Wildman–Crippen MR) is 32.1 cm³/mol. The highest BCUT2D eigenvalue weighted by molar-refractivity contribution is 5.82. The van der Waals surface area contributed by atoms with E-state index in [-0.39, 0.29) is 0 Å². The zero-order valence-corrected chi connectivity index (χ0v) is 5.88. The molecule has 3 heteroatoms. The summed E-state index contributed by atoms with van der Waals surface area (Å²) < 4.78 is 0. The molecule has 2 unspecified atom stereocenters. The normalized spacial score (nSPS) is 35.0. The SMILES string of the molecule is CC1(C)C([C]=O)C1C([O])=O. The molecule has 2 radical (unpaired) electrons. The Kier molecular flexibility index (Phi) is 1.31. The minimum absolute atomic E-state index is 0.430. The van der Waals surface area contributed by atoms with E-state index in [4.69, 9.17) is 0 Å². The van der Waals surface area contributed by atoms with Crippen LogP contribution in [-0.2, 0) is 14.7 Å². The van der Waals surface area contributed by atoms with Crippen molar-refractivity contribution >= 4 is 12.3 Å². The minimum Gasteiger partial charge on any atom is -0.291 e. The molecule has 1 saturated carbocycles. The van der Waals surface area contributed by atoms with Crippen LogP contribution in [0.15, 0.2) is 0 Å². The molecule has 1 fully saturated rings. The van der Waals surface area contributed by atoms with Crippen molar-refractivity contribution in [3.05, 3.63) is 0 Å². The van der Waals surface area contributed by atoms with E-state index in [0.717, 1.165) is 0 Å². The largest absolute Gasteiger partial charge is 0.359 e. The van der Waals surface area contributed by atoms with Crippen LogP contribution in [0.3, 0.4) is 0 Å². The van der Waals surface area contributed by atoms with Crippen molar-refractivity contribution in [3.63, 3.8) is 0 Å². The lowest BCUT2D eigenvalue weighted by Crippen LogP contribution is -2.01. The third-order valence-electron chi connectivity index (χ3n) is 2.21. The first-order valence-corrected chi connectivity index (χ1v) is 3.10. The van der Waals surface area contributed by atoms with Crippen LogP contribution < -0.4 is 0 Å². The predicted octanol–water partition coefficient (Wildman–Crippen LogP) is 0.325. The van der Waals surface area contributed by atoms with Crippen LogP contribution in [0.4, 0.5) is 0 Å². The van der Waals surface area contributed by atoms with Crippen LogP contribution in [0.1, 0.15) is 13.8 Å². The van der Waals surface area contributed by atoms with Gasteiger partial charge in [-0.25, -0.2) is 9.90 Å². The van der Waals surface area contributed by atoms with E-state index in [0.29, 0.717) is 0 Å². The van der Waals surface area contributed by atoms with E-state index in [9.17, 15) is 14.7 Å². The third kappa shape index (κ3) is 0.735. The fourth-order valence-electron chi connectivity index (χ4n) is 1.30. The molecule has 0 heterocycles. The number of hydrogen-bond donors (Lipinski definition) is 0. The van der Waals surface area contributed by atoms with Gasteiger partial charge in [0.2, 0.25) is 6.29 Å². The maximum atomic E-state index is 10.3. The fourth-order valence-corrected chi connectivity index (χ4v) is 1.30. The molecule has 0 amide bonds. The number of hydrogen-bond acceptors (Lipinski definition) is 2. The second-order valence-corrected chi connectivity index (χ2v) is 3.21. The standard InChI is InChI=1S/C7H8O3/c1-7(2)4(3-8)5(7)6(9)10/h4-5H,1-2H3. The first-order chi connectivity index (χ1) is 4.51. The van der Waals surface area contributed by atoms with Crippen molar-refractivity contribution in [2.75, 3.05) is 0 Å². The molecule has 0 aliphatic heterocycles. The lowest BCUT2D eigenvalue weighted by atomic mass is 10.1. The molecule has 0 spiro atoms. The van der Waals surface area contributed by atoms with Gasteiger partial charge in [0.15, 0.2) is 0 Å². The van der Waals surface area contributed by atoms with Crippen LogP contribution in [0.5, 0.6) is 0 Å². The Hall–Kier alpha value is -0.860. The fraction of sp³-hybridized carbons (Fsp3) is 0.714. The maximum Gasteiger partial charge on any atom is 0.359 e. The summed E-state index contributed by atoms with van der Waals surface area (Å²) >= 11 is 0. The molecule has 54 valence electrons. The molecule has 0 aromatic carbocycles. The topological polar surface area (TPSA) is 54.0 Å². The first kappa shape index (κ1) is 7.25. The second kappa shape index (κ2) is 1.81. The molecule has 0 aromatic rings. The van der Waals surface area contributed by atoms with E-state index in [1.165, 1.54) is 0 Å². The van der Waals surface area contributed by atoms with Gasteiger partial charge in [0.25, 0.3) is 0 Å². The van der Waals surface area contributed by atoms with Crippen LogP contribution in [0, 0.1) is 17.3 Å². The van der Waals surface area contributed by atoms with Crippen molar-refractivity contribution in [1.82, 2.24) is 0 Å². The van der Waals surface area contributed by atoms with Crippen molar-refractivity contribution in [3.8, 4) is 0 Å². The van der Waals surface area contributed by atoms with Gasteiger partial charge in [0.05, 0.1) is 5.92 Å². The van der Waals surface area contributed by atoms with Gasteiger partial charge < -0.3 is 0 Å². The summed E-state index contributed by atoms with van der Waals surface area (Å²) in [6.07, 6.45) is 1.69. The van der Waals surface area contributed by atoms with Crippen LogP contribution in [-0.4, -0.2) is 12.3 Å². The van der Waals surface area contributed by atoms with Gasteiger partial charge in [-0.05, 0) is 5.41 Å². The molecule has 3 nitrogen and oxygen atoms in total. The molecule has 0 N–H and O–H groups in total. The molecule has 0 saturated heterocycles. The first-order valence-electron chi connectivity index (χ1n) is 3.10. The Balaban J connectivity index is 2.70. The van der Waals surface area contributed by atoms with Gasteiger partial charge in [0.1, 0.15) is 0 Å². The molecule has 0 bridgehead atoms. The summed E-state index contributed by atoms with van der Waals surface area (Å²) in [5.41, 5.74) is -0.430. The molecule has 1 aliphatic rings. The average molecular weight is 140 g/mol. The highest BCUT2D eigenvalue weighted by Gasteiger charge is 2.63. The van der Waals surface area contributed by atoms with Crippen molar-refractivity contribution < 1.29 is 14.7 Å². The summed E-state index contributed by atoms with van der Waals surface area (Å²) in [7, 11) is 0. The summed E-state index contributed by atoms with van der Waals surface area (Å²) in [5.74, 6) is -2.22. The maximum absolute atomic E-state index is 10.3. The van der Waals surface area contributed by atoms with E-state index >= 15 is 0 Å². The average Bonchev–Trinajstić information content (AvgIpc) is 2.33. The molecule has 1 aliphatic carbocycles. The number of carbonyl (C=O) groups is 1. The number of carbonyl (C=O) groups excluding carboxylic acids is 2. The van der Waals surface area contributed by atoms with E-state index < -0.39 is 23.2 Å². The Bertz CT molecular complexity index is 183. The van der Waals surface area contributed by atoms with Gasteiger partial charge in [0, 0.05) is 5.92 Å². The highest BCUT2D eigenvalue weighted by Crippen LogP contribution is 2.56. The summed E-state index contributed by atoms with van der Waals surface area (Å²) in [6, 6.07) is 0. The van der Waals surface area contributed by atoms with E-state index in [2.05, 4.69) is 0 Å². The summed E-state index contributed by atoms with van der Waals surface area (Å²) in [6.45, 7) is 3.45. The Morgan fingerprint density at radius 1 is 1.50 bits per heavy atom. The second-order valence-electron chi connectivity index (χ2n) is 3.21. The van der Waals surface area contributed by atoms with Gasteiger partial charge in [-0.1, -0.05) is 13.8 Å². The monoisotopic (exact) mass is 140 g/mol. The lowest BCUT2D eigenvalue weighted by molar-refractivity contribution is -0.145. The number of rotatable bonds is 2. The van der Waals surface area contributed by atoms with Crippen molar-refractivity contribution in [2.45, 2.75) is 13.8 Å². The quantitative estimate of drug-likeness (QED) is 0.554. The van der Waals surface area contributed by atoms with Crippen LogP contribution in [0.25, 0.3) is 0 Å². The Labute approximate surface area is 59.0 Å². The van der Waals surface area contributed by atoms with Gasteiger partial charge in [-0.2, -0.15) is 0 Å². The van der Waals surface area contributed by atoms with Gasteiger partial charge >= 0.3 is 5.97 Å². The zero-order valence-electron chi connectivity index (χ0n) is 5.88. The molecular formula is C7H8O3. The highest BCUT2D eigenvalue weighted by atomic mass is 16.4. The lowest BCUT2D eigenvalue weighted by Gasteiger charge is -1.93. The van der Waals surface area contributed by atoms with Gasteiger partial charge in [-0.15, -0.1) is 0 Å².